The zero-order valence-electron chi connectivity index (χ0n) is 19.5. The number of carbonyl (C=O) groups excluding carboxylic acids is 1. The number of anilines is 3. The number of amides is 1. The van der Waals surface area contributed by atoms with Crippen LogP contribution in [0.1, 0.15) is 43.0 Å². The summed E-state index contributed by atoms with van der Waals surface area (Å²) in [6, 6.07) is 10.2. The first-order valence-electron chi connectivity index (χ1n) is 12.2. The molecule has 0 saturated heterocycles. The van der Waals surface area contributed by atoms with Crippen LogP contribution >= 0.6 is 0 Å². The number of hydrogen-bond acceptors (Lipinski definition) is 6. The number of nitrogens with one attached hydrogen (secondary N) is 2. The Labute approximate surface area is 198 Å². The van der Waals surface area contributed by atoms with Crippen molar-refractivity contribution in [2.75, 3.05) is 10.6 Å². The summed E-state index contributed by atoms with van der Waals surface area (Å²) in [5.41, 5.74) is 9.60. The van der Waals surface area contributed by atoms with Crippen molar-refractivity contribution in [3.63, 3.8) is 0 Å². The lowest BCUT2D eigenvalue weighted by atomic mass is 9.75. The molecule has 6 atom stereocenters. The predicted molar refractivity (Wildman–Crippen MR) is 129 cm³/mol. The normalized spacial score (nSPS) is 34.2. The van der Waals surface area contributed by atoms with Crippen molar-refractivity contribution < 1.29 is 4.79 Å². The van der Waals surface area contributed by atoms with E-state index in [1.807, 2.05) is 43.6 Å². The van der Waals surface area contributed by atoms with Gasteiger partial charge in [0, 0.05) is 42.1 Å². The van der Waals surface area contributed by atoms with E-state index in [2.05, 4.69) is 27.6 Å². The second-order valence-corrected chi connectivity index (χ2v) is 10.7. The van der Waals surface area contributed by atoms with Gasteiger partial charge in [0.2, 0.25) is 5.95 Å². The van der Waals surface area contributed by atoms with Crippen LogP contribution in [0.4, 0.5) is 17.5 Å². The minimum atomic E-state index is -0.556. The van der Waals surface area contributed by atoms with Gasteiger partial charge in [0.15, 0.2) is 0 Å². The van der Waals surface area contributed by atoms with Crippen LogP contribution < -0.4 is 16.4 Å². The molecule has 0 aliphatic heterocycles. The van der Waals surface area contributed by atoms with Gasteiger partial charge in [-0.05, 0) is 60.6 Å². The second-order valence-electron chi connectivity index (χ2n) is 10.7. The maximum atomic E-state index is 12.1. The van der Waals surface area contributed by atoms with Crippen LogP contribution in [-0.2, 0) is 7.05 Å². The fourth-order valence-corrected chi connectivity index (χ4v) is 7.54. The molecule has 0 radical (unpaired) electrons. The van der Waals surface area contributed by atoms with Crippen LogP contribution in [0.2, 0.25) is 0 Å². The number of nitrogens with zero attached hydrogens (tertiary/aromatic N) is 4. The molecular weight excluding hydrogens is 426 g/mol. The van der Waals surface area contributed by atoms with Gasteiger partial charge in [0.05, 0.1) is 5.69 Å². The lowest BCUT2D eigenvalue weighted by molar-refractivity contribution is 0.100. The molecule has 3 aromatic rings. The van der Waals surface area contributed by atoms with Crippen LogP contribution in [0.15, 0.2) is 42.7 Å². The maximum Gasteiger partial charge on any atom is 0.254 e. The maximum absolute atomic E-state index is 12.1. The smallest absolute Gasteiger partial charge is 0.254 e. The van der Waals surface area contributed by atoms with Gasteiger partial charge in [-0.1, -0.05) is 25.5 Å². The number of fused-ring (bicyclic) bond motifs is 1. The third kappa shape index (κ3) is 2.59. The van der Waals surface area contributed by atoms with E-state index in [0.29, 0.717) is 34.6 Å². The van der Waals surface area contributed by atoms with Crippen molar-refractivity contribution in [3.05, 3.63) is 48.3 Å². The molecule has 1 aromatic carbocycles. The minimum absolute atomic E-state index is 0.271. The summed E-state index contributed by atoms with van der Waals surface area (Å²) in [4.78, 5) is 21.3. The van der Waals surface area contributed by atoms with Crippen molar-refractivity contribution in [1.82, 2.24) is 19.7 Å². The largest absolute Gasteiger partial charge is 0.365 e. The standard InChI is InChI=1S/C26H29N7O/c1-14-21(25(14)9-4-7-18-19-12-26(18,19)25)30-24-28-13-17(22(27)34)23(31-24)29-16-6-3-5-15(11-16)20-8-10-33(2)32-20/h3,5-6,8,10-11,13-14,18-19,21H,4,7,9,12H2,1-2H3,(H2,27,34)(H2,28,29,30,31)/t14?,18?,19-,21?,25?,26?/m0/s1. The molecule has 4 N–H and O–H groups in total. The molecule has 2 aromatic heterocycles. The molecule has 4 aliphatic carbocycles. The molecule has 8 nitrogen and oxygen atoms in total. The first kappa shape index (κ1) is 20.0. The van der Waals surface area contributed by atoms with E-state index in [-0.39, 0.29) is 5.56 Å². The van der Waals surface area contributed by atoms with E-state index in [1.165, 1.54) is 31.9 Å². The van der Waals surface area contributed by atoms with E-state index >= 15 is 0 Å². The van der Waals surface area contributed by atoms with Gasteiger partial charge in [0.1, 0.15) is 11.4 Å². The third-order valence-corrected chi connectivity index (χ3v) is 9.30. The average molecular weight is 456 g/mol. The van der Waals surface area contributed by atoms with Crippen molar-refractivity contribution in [3.8, 4) is 11.3 Å². The van der Waals surface area contributed by atoms with Gasteiger partial charge in [-0.2, -0.15) is 10.1 Å². The van der Waals surface area contributed by atoms with Crippen molar-refractivity contribution in [2.24, 2.45) is 41.4 Å². The van der Waals surface area contributed by atoms with Crippen LogP contribution in [0.25, 0.3) is 11.3 Å². The van der Waals surface area contributed by atoms with Crippen LogP contribution in [0, 0.1) is 28.6 Å². The molecule has 4 aliphatic rings. The summed E-state index contributed by atoms with van der Waals surface area (Å²) in [6.07, 6.45) is 8.92. The Balaban J connectivity index is 1.16. The minimum Gasteiger partial charge on any atom is -0.365 e. The molecule has 174 valence electrons. The summed E-state index contributed by atoms with van der Waals surface area (Å²) in [7, 11) is 1.89. The predicted octanol–water partition coefficient (Wildman–Crippen LogP) is 3.96. The Bertz CT molecular complexity index is 1330. The Kier molecular flexibility index (Phi) is 3.87. The lowest BCUT2D eigenvalue weighted by Crippen LogP contribution is -2.27. The van der Waals surface area contributed by atoms with Gasteiger partial charge in [0.25, 0.3) is 5.91 Å². The SMILES string of the molecule is CC1C(Nc2ncc(C(N)=O)c(Nc3cccc(-c4ccn(C)n4)c3)n2)C12CCCC1[C@@H]3CC132. The highest BCUT2D eigenvalue weighted by Gasteiger charge is 2.92. The van der Waals surface area contributed by atoms with Crippen molar-refractivity contribution in [1.29, 1.82) is 0 Å². The lowest BCUT2D eigenvalue weighted by Gasteiger charge is -2.30. The number of rotatable bonds is 6. The molecule has 2 heterocycles. The number of carbonyl (C=O) groups is 1. The molecular formula is C26H29N7O. The Morgan fingerprint density at radius 1 is 1.24 bits per heavy atom. The zero-order valence-corrected chi connectivity index (χ0v) is 19.5. The summed E-state index contributed by atoms with van der Waals surface area (Å²) >= 11 is 0. The van der Waals surface area contributed by atoms with Crippen LogP contribution in [-0.4, -0.2) is 31.7 Å². The zero-order chi connectivity index (χ0) is 23.2. The number of aryl methyl sites for hydroxylation is 1. The number of primary amides is 1. The van der Waals surface area contributed by atoms with Gasteiger partial charge in [-0.25, -0.2) is 4.98 Å². The fourth-order valence-electron chi connectivity index (χ4n) is 7.54. The Hall–Kier alpha value is -3.42. The van der Waals surface area contributed by atoms with Crippen LogP contribution in [0.5, 0.6) is 0 Å². The first-order chi connectivity index (χ1) is 16.4. The quantitative estimate of drug-likeness (QED) is 0.519. The highest BCUT2D eigenvalue weighted by atomic mass is 16.1. The topological polar surface area (TPSA) is 111 Å². The van der Waals surface area contributed by atoms with E-state index in [0.717, 1.165) is 28.8 Å². The number of benzene rings is 1. The first-order valence-corrected chi connectivity index (χ1v) is 12.2. The van der Waals surface area contributed by atoms with E-state index in [1.54, 1.807) is 4.68 Å². The highest BCUT2D eigenvalue weighted by molar-refractivity contribution is 5.98. The monoisotopic (exact) mass is 455 g/mol. The summed E-state index contributed by atoms with van der Waals surface area (Å²) in [5.74, 6) is 3.00. The van der Waals surface area contributed by atoms with E-state index in [4.69, 9.17) is 10.7 Å². The van der Waals surface area contributed by atoms with Gasteiger partial charge in [-0.3, -0.25) is 9.48 Å². The van der Waals surface area contributed by atoms with Crippen molar-refractivity contribution >= 4 is 23.4 Å². The summed E-state index contributed by atoms with van der Waals surface area (Å²) in [6.45, 7) is 2.38. The number of hydrogen-bond donors (Lipinski definition) is 3. The molecule has 8 heteroatoms. The third-order valence-electron chi connectivity index (χ3n) is 9.30. The molecule has 0 bridgehead atoms. The van der Waals surface area contributed by atoms with Crippen LogP contribution in [0.3, 0.4) is 0 Å². The van der Waals surface area contributed by atoms with Gasteiger partial charge >= 0.3 is 0 Å². The summed E-state index contributed by atoms with van der Waals surface area (Å²) in [5, 5.41) is 11.4. The number of nitrogens with two attached hydrogens (primary N) is 1. The van der Waals surface area contributed by atoms with E-state index < -0.39 is 5.91 Å². The molecule has 4 fully saturated rings. The van der Waals surface area contributed by atoms with E-state index in [9.17, 15) is 4.79 Å². The number of aromatic nitrogens is 4. The van der Waals surface area contributed by atoms with Gasteiger partial charge in [-0.15, -0.1) is 0 Å². The molecule has 2 spiro atoms. The molecule has 7 rings (SSSR count). The molecule has 5 unspecified atom stereocenters. The summed E-state index contributed by atoms with van der Waals surface area (Å²) < 4.78 is 1.77. The van der Waals surface area contributed by atoms with Crippen molar-refractivity contribution in [2.45, 2.75) is 38.6 Å². The fraction of sp³-hybridized carbons (Fsp3) is 0.462. The average Bonchev–Trinajstić information content (AvgIpc) is 3.74. The molecule has 1 amide bonds. The molecule has 4 saturated carbocycles. The highest BCUT2D eigenvalue weighted by Crippen LogP contribution is 2.96. The second kappa shape index (κ2) is 6.58. The Morgan fingerprint density at radius 3 is 2.88 bits per heavy atom. The van der Waals surface area contributed by atoms with Gasteiger partial charge < -0.3 is 16.4 Å². The Morgan fingerprint density at radius 2 is 2.12 bits per heavy atom. The molecule has 34 heavy (non-hydrogen) atoms.